The molecule has 1 aromatic heterocycles. The van der Waals surface area contributed by atoms with Gasteiger partial charge in [-0.2, -0.15) is 0 Å². The SMILES string of the molecule is CC1CCN(C(=O)C2=CCC(C(=O)NCc3nc4c([nH]3)CCC(Cl)=C4)C=C2Cl)CC1. The van der Waals surface area contributed by atoms with Crippen molar-refractivity contribution in [2.24, 2.45) is 11.8 Å². The van der Waals surface area contributed by atoms with Crippen molar-refractivity contribution in [2.45, 2.75) is 45.6 Å². The summed E-state index contributed by atoms with van der Waals surface area (Å²) in [5, 5.41) is 4.06. The lowest BCUT2D eigenvalue weighted by molar-refractivity contribution is -0.128. The third kappa shape index (κ3) is 4.65. The van der Waals surface area contributed by atoms with E-state index in [-0.39, 0.29) is 11.8 Å². The Morgan fingerprint density at radius 1 is 1.27 bits per heavy atom. The summed E-state index contributed by atoms with van der Waals surface area (Å²) < 4.78 is 0. The van der Waals surface area contributed by atoms with Gasteiger partial charge in [-0.15, -0.1) is 0 Å². The number of allylic oxidation sites excluding steroid dienone is 2. The number of amides is 2. The Bertz CT molecular complexity index is 939. The van der Waals surface area contributed by atoms with Gasteiger partial charge in [0.15, 0.2) is 0 Å². The van der Waals surface area contributed by atoms with E-state index in [4.69, 9.17) is 23.2 Å². The molecule has 1 aromatic rings. The standard InChI is InChI=1S/C22H26Cl2N4O2/c1-13-6-8-28(9-7-13)22(30)16-4-2-14(10-17(16)24)21(29)25-12-20-26-18-5-3-15(23)11-19(18)27-20/h4,10-11,13-14H,2-3,5-9,12H2,1H3,(H,25,29)(H,26,27). The molecule has 1 aliphatic heterocycles. The van der Waals surface area contributed by atoms with Crippen LogP contribution < -0.4 is 5.32 Å². The molecule has 2 N–H and O–H groups in total. The summed E-state index contributed by atoms with van der Waals surface area (Å²) in [7, 11) is 0. The highest BCUT2D eigenvalue weighted by Crippen LogP contribution is 2.29. The molecule has 3 aliphatic rings. The highest BCUT2D eigenvalue weighted by molar-refractivity contribution is 6.35. The number of nitrogens with zero attached hydrogens (tertiary/aromatic N) is 2. The maximum atomic E-state index is 12.8. The largest absolute Gasteiger partial charge is 0.348 e. The number of aromatic amines is 1. The van der Waals surface area contributed by atoms with Gasteiger partial charge in [-0.25, -0.2) is 4.98 Å². The predicted octanol–water partition coefficient (Wildman–Crippen LogP) is 3.88. The molecule has 0 radical (unpaired) electrons. The van der Waals surface area contributed by atoms with E-state index >= 15 is 0 Å². The van der Waals surface area contributed by atoms with Gasteiger partial charge in [-0.05, 0) is 44.1 Å². The first-order valence-corrected chi connectivity index (χ1v) is 11.2. The Kier molecular flexibility index (Phi) is 6.34. The number of carbonyl (C=O) groups excluding carboxylic acids is 2. The molecule has 30 heavy (non-hydrogen) atoms. The number of aryl methyl sites for hydroxylation is 1. The van der Waals surface area contributed by atoms with Crippen molar-refractivity contribution in [1.82, 2.24) is 20.2 Å². The van der Waals surface area contributed by atoms with E-state index in [1.165, 1.54) is 0 Å². The Labute approximate surface area is 186 Å². The fourth-order valence-corrected chi connectivity index (χ4v) is 4.58. The fourth-order valence-electron chi connectivity index (χ4n) is 4.07. The van der Waals surface area contributed by atoms with Crippen molar-refractivity contribution < 1.29 is 9.59 Å². The van der Waals surface area contributed by atoms with E-state index in [1.807, 2.05) is 11.0 Å². The third-order valence-electron chi connectivity index (χ3n) is 6.02. The summed E-state index contributed by atoms with van der Waals surface area (Å²) in [6.45, 7) is 4.04. The van der Waals surface area contributed by atoms with Crippen LogP contribution in [0.1, 0.15) is 49.8 Å². The van der Waals surface area contributed by atoms with Crippen LogP contribution in [-0.4, -0.2) is 39.8 Å². The molecule has 4 rings (SSSR count). The van der Waals surface area contributed by atoms with Gasteiger partial charge in [0, 0.05) is 28.8 Å². The van der Waals surface area contributed by atoms with Crippen LogP contribution in [0.2, 0.25) is 0 Å². The molecule has 8 heteroatoms. The lowest BCUT2D eigenvalue weighted by atomic mass is 9.93. The summed E-state index contributed by atoms with van der Waals surface area (Å²) in [5.74, 6) is 0.795. The van der Waals surface area contributed by atoms with Crippen LogP contribution in [0.15, 0.2) is 27.8 Å². The summed E-state index contributed by atoms with van der Waals surface area (Å²) in [5.41, 5.74) is 2.40. The molecule has 0 spiro atoms. The first-order chi connectivity index (χ1) is 14.4. The summed E-state index contributed by atoms with van der Waals surface area (Å²) in [6, 6.07) is 0. The number of rotatable bonds is 4. The van der Waals surface area contributed by atoms with Crippen LogP contribution in [0.4, 0.5) is 0 Å². The maximum absolute atomic E-state index is 12.8. The minimum absolute atomic E-state index is 0.0325. The maximum Gasteiger partial charge on any atom is 0.255 e. The Hall–Kier alpha value is -2.05. The molecule has 2 heterocycles. The first-order valence-electron chi connectivity index (χ1n) is 10.5. The van der Waals surface area contributed by atoms with Crippen LogP contribution >= 0.6 is 23.2 Å². The topological polar surface area (TPSA) is 78.1 Å². The van der Waals surface area contributed by atoms with Gasteiger partial charge in [0.05, 0.1) is 23.7 Å². The number of hydrogen-bond donors (Lipinski definition) is 2. The summed E-state index contributed by atoms with van der Waals surface area (Å²) >= 11 is 12.5. The van der Waals surface area contributed by atoms with Crippen LogP contribution in [-0.2, 0) is 22.6 Å². The molecular formula is C22H26Cl2N4O2. The van der Waals surface area contributed by atoms with Gasteiger partial charge in [0.1, 0.15) is 5.82 Å². The average molecular weight is 449 g/mol. The van der Waals surface area contributed by atoms with Crippen LogP contribution in [0.25, 0.3) is 6.08 Å². The normalized spacial score (nSPS) is 22.0. The Morgan fingerprint density at radius 2 is 2.03 bits per heavy atom. The number of carbonyl (C=O) groups is 2. The van der Waals surface area contributed by atoms with Crippen molar-refractivity contribution in [3.8, 4) is 0 Å². The second kappa shape index (κ2) is 8.98. The van der Waals surface area contributed by atoms with Crippen LogP contribution in [0.5, 0.6) is 0 Å². The van der Waals surface area contributed by atoms with E-state index in [1.54, 1.807) is 12.2 Å². The van der Waals surface area contributed by atoms with Crippen molar-refractivity contribution in [1.29, 1.82) is 0 Å². The third-order valence-corrected chi connectivity index (χ3v) is 6.64. The molecule has 6 nitrogen and oxygen atoms in total. The van der Waals surface area contributed by atoms with Gasteiger partial charge >= 0.3 is 0 Å². The van der Waals surface area contributed by atoms with Gasteiger partial charge in [-0.3, -0.25) is 9.59 Å². The van der Waals surface area contributed by atoms with Crippen molar-refractivity contribution in [3.63, 3.8) is 0 Å². The summed E-state index contributed by atoms with van der Waals surface area (Å²) in [6.07, 6.45) is 9.46. The number of piperidine rings is 1. The van der Waals surface area contributed by atoms with Crippen LogP contribution in [0, 0.1) is 11.8 Å². The Balaban J connectivity index is 1.33. The number of aromatic nitrogens is 2. The van der Waals surface area contributed by atoms with Crippen molar-refractivity contribution in [3.05, 3.63) is 45.0 Å². The quantitative estimate of drug-likeness (QED) is 0.733. The number of imidazole rings is 1. The molecule has 0 aromatic carbocycles. The van der Waals surface area contributed by atoms with Crippen molar-refractivity contribution in [2.75, 3.05) is 13.1 Å². The minimum Gasteiger partial charge on any atom is -0.348 e. The fraction of sp³-hybridized carbons (Fsp3) is 0.500. The molecular weight excluding hydrogens is 423 g/mol. The zero-order valence-electron chi connectivity index (χ0n) is 17.0. The number of likely N-dealkylation sites (tertiary alicyclic amines) is 1. The number of nitrogens with one attached hydrogen (secondary N) is 2. The van der Waals surface area contributed by atoms with Gasteiger partial charge in [0.2, 0.25) is 5.91 Å². The van der Waals surface area contributed by atoms with E-state index in [9.17, 15) is 9.59 Å². The van der Waals surface area contributed by atoms with E-state index in [0.29, 0.717) is 35.3 Å². The first kappa shape index (κ1) is 21.2. The van der Waals surface area contributed by atoms with E-state index in [2.05, 4.69) is 22.2 Å². The average Bonchev–Trinajstić information content (AvgIpc) is 3.14. The highest BCUT2D eigenvalue weighted by Gasteiger charge is 2.28. The van der Waals surface area contributed by atoms with Gasteiger partial charge in [-0.1, -0.05) is 42.3 Å². The smallest absolute Gasteiger partial charge is 0.255 e. The number of fused-ring (bicyclic) bond motifs is 1. The molecule has 1 fully saturated rings. The second-order valence-corrected chi connectivity index (χ2v) is 9.20. The van der Waals surface area contributed by atoms with E-state index < -0.39 is 5.92 Å². The molecule has 1 unspecified atom stereocenters. The molecule has 0 bridgehead atoms. The van der Waals surface area contributed by atoms with Gasteiger partial charge < -0.3 is 15.2 Å². The predicted molar refractivity (Wildman–Crippen MR) is 118 cm³/mol. The highest BCUT2D eigenvalue weighted by atomic mass is 35.5. The molecule has 1 saturated heterocycles. The second-order valence-electron chi connectivity index (χ2n) is 8.31. The lowest BCUT2D eigenvalue weighted by Crippen LogP contribution is -2.39. The number of H-pyrrole nitrogens is 1. The molecule has 0 saturated carbocycles. The molecule has 1 atom stereocenters. The molecule has 2 aliphatic carbocycles. The summed E-state index contributed by atoms with van der Waals surface area (Å²) in [4.78, 5) is 35.0. The van der Waals surface area contributed by atoms with Gasteiger partial charge in [0.25, 0.3) is 5.91 Å². The monoisotopic (exact) mass is 448 g/mol. The zero-order valence-corrected chi connectivity index (χ0v) is 18.5. The molecule has 2 amide bonds. The lowest BCUT2D eigenvalue weighted by Gasteiger charge is -2.31. The zero-order chi connectivity index (χ0) is 21.3. The number of halogens is 2. The van der Waals surface area contributed by atoms with E-state index in [0.717, 1.165) is 55.2 Å². The molecule has 160 valence electrons. The number of hydrogen-bond acceptors (Lipinski definition) is 3. The Morgan fingerprint density at radius 3 is 2.77 bits per heavy atom. The van der Waals surface area contributed by atoms with Crippen molar-refractivity contribution >= 4 is 41.1 Å². The minimum atomic E-state index is -0.394. The van der Waals surface area contributed by atoms with Crippen LogP contribution in [0.3, 0.4) is 0 Å².